The molecule has 158 valence electrons. The monoisotopic (exact) mass is 503 g/mol. The summed E-state index contributed by atoms with van der Waals surface area (Å²) < 4.78 is 5.52. The van der Waals surface area contributed by atoms with Crippen molar-refractivity contribution in [2.45, 2.75) is 19.9 Å². The number of guanidine groups is 1. The van der Waals surface area contributed by atoms with Crippen molar-refractivity contribution in [1.82, 2.24) is 20.4 Å². The number of carbonyl (C=O) groups is 1. The first kappa shape index (κ1) is 24.6. The lowest BCUT2D eigenvalue weighted by Gasteiger charge is -2.35. The Labute approximate surface area is 185 Å². The van der Waals surface area contributed by atoms with Crippen LogP contribution in [0.1, 0.15) is 24.1 Å². The number of nitrogens with zero attached hydrogens (tertiary/aromatic N) is 3. The zero-order chi connectivity index (χ0) is 19.6. The number of carbonyl (C=O) groups excluding carboxylic acids is 1. The van der Waals surface area contributed by atoms with E-state index in [0.29, 0.717) is 12.5 Å². The van der Waals surface area contributed by atoms with Crippen LogP contribution in [-0.4, -0.2) is 81.7 Å². The van der Waals surface area contributed by atoms with Crippen molar-refractivity contribution in [2.75, 3.05) is 60.0 Å². The van der Waals surface area contributed by atoms with Gasteiger partial charge in [0.1, 0.15) is 6.54 Å². The molecule has 1 fully saturated rings. The van der Waals surface area contributed by atoms with Gasteiger partial charge in [0.05, 0.1) is 19.3 Å². The third-order valence-electron chi connectivity index (χ3n) is 4.63. The van der Waals surface area contributed by atoms with E-state index < -0.39 is 0 Å². The van der Waals surface area contributed by atoms with Crippen LogP contribution in [0.15, 0.2) is 29.3 Å². The molecule has 0 bridgehead atoms. The highest BCUT2D eigenvalue weighted by atomic mass is 127. The topological polar surface area (TPSA) is 69.2 Å². The lowest BCUT2D eigenvalue weighted by atomic mass is 10.0. The Kier molecular flexibility index (Phi) is 11.4. The molecule has 2 rings (SSSR count). The molecule has 1 aliphatic rings. The number of rotatable bonds is 7. The van der Waals surface area contributed by atoms with Crippen LogP contribution in [0.25, 0.3) is 0 Å². The van der Waals surface area contributed by atoms with Gasteiger partial charge in [-0.25, -0.2) is 4.99 Å². The number of ether oxygens (including phenoxy) is 1. The molecule has 1 amide bonds. The van der Waals surface area contributed by atoms with Gasteiger partial charge in [-0.2, -0.15) is 0 Å². The number of morpholine rings is 1. The number of aliphatic imine (C=N–C) groups is 1. The Morgan fingerprint density at radius 1 is 1.21 bits per heavy atom. The molecule has 1 saturated heterocycles. The van der Waals surface area contributed by atoms with Gasteiger partial charge in [0.25, 0.3) is 0 Å². The minimum atomic E-state index is -0.0181. The number of nitrogens with one attached hydrogen (secondary N) is 2. The standard InChI is InChI=1S/C20H33N5O2.HI/c1-5-21-20(23-15-19(26)24(3)4)22-14-18(25-10-12-27-13-11-25)17-8-6-16(2)7-9-17;/h6-9,18H,5,10-15H2,1-4H3,(H2,21,22,23);1H. The number of benzene rings is 1. The van der Waals surface area contributed by atoms with E-state index in [0.717, 1.165) is 32.8 Å². The first-order valence-corrected chi connectivity index (χ1v) is 9.62. The number of hydrogen-bond donors (Lipinski definition) is 2. The molecular formula is C20H34IN5O2. The van der Waals surface area contributed by atoms with E-state index in [1.807, 2.05) is 6.92 Å². The second-order valence-electron chi connectivity index (χ2n) is 6.94. The Morgan fingerprint density at radius 2 is 1.86 bits per heavy atom. The highest BCUT2D eigenvalue weighted by Gasteiger charge is 2.23. The molecule has 1 atom stereocenters. The number of likely N-dealkylation sites (N-methyl/N-ethyl adjacent to an activating group) is 1. The number of hydrogen-bond acceptors (Lipinski definition) is 4. The zero-order valence-corrected chi connectivity index (χ0v) is 19.7. The minimum Gasteiger partial charge on any atom is -0.379 e. The summed E-state index contributed by atoms with van der Waals surface area (Å²) in [6.45, 7) is 9.05. The fourth-order valence-corrected chi connectivity index (χ4v) is 2.96. The smallest absolute Gasteiger partial charge is 0.243 e. The van der Waals surface area contributed by atoms with Crippen LogP contribution in [-0.2, 0) is 9.53 Å². The molecular weight excluding hydrogens is 469 g/mol. The molecule has 0 saturated carbocycles. The normalized spacial score (nSPS) is 16.1. The van der Waals surface area contributed by atoms with Crippen molar-refractivity contribution in [3.63, 3.8) is 0 Å². The van der Waals surface area contributed by atoms with Crippen LogP contribution >= 0.6 is 24.0 Å². The van der Waals surface area contributed by atoms with Crippen molar-refractivity contribution in [3.05, 3.63) is 35.4 Å². The second kappa shape index (κ2) is 12.9. The van der Waals surface area contributed by atoms with Gasteiger partial charge in [-0.3, -0.25) is 9.69 Å². The van der Waals surface area contributed by atoms with E-state index in [-0.39, 0.29) is 42.5 Å². The highest BCUT2D eigenvalue weighted by molar-refractivity contribution is 14.0. The first-order chi connectivity index (χ1) is 13.0. The average molecular weight is 503 g/mol. The first-order valence-electron chi connectivity index (χ1n) is 9.62. The van der Waals surface area contributed by atoms with Gasteiger partial charge < -0.3 is 20.3 Å². The highest BCUT2D eigenvalue weighted by Crippen LogP contribution is 2.21. The molecule has 1 aromatic carbocycles. The van der Waals surface area contributed by atoms with Gasteiger partial charge in [0, 0.05) is 40.3 Å². The third kappa shape index (κ3) is 7.92. The van der Waals surface area contributed by atoms with Crippen molar-refractivity contribution in [3.8, 4) is 0 Å². The van der Waals surface area contributed by atoms with Gasteiger partial charge >= 0.3 is 0 Å². The Hall–Kier alpha value is -1.39. The van der Waals surface area contributed by atoms with Crippen LogP contribution in [0.3, 0.4) is 0 Å². The van der Waals surface area contributed by atoms with Crippen LogP contribution in [0.4, 0.5) is 0 Å². The Bertz CT molecular complexity index is 616. The summed E-state index contributed by atoms with van der Waals surface area (Å²) >= 11 is 0. The predicted molar refractivity (Wildman–Crippen MR) is 124 cm³/mol. The summed E-state index contributed by atoms with van der Waals surface area (Å²) in [6.07, 6.45) is 0. The van der Waals surface area contributed by atoms with Crippen molar-refractivity contribution in [2.24, 2.45) is 4.99 Å². The SMILES string of the molecule is CCNC(=NCC(=O)N(C)C)NCC(c1ccc(C)cc1)N1CCOCC1.I. The summed E-state index contributed by atoms with van der Waals surface area (Å²) in [5.74, 6) is 0.647. The van der Waals surface area contributed by atoms with Crippen LogP contribution in [0.5, 0.6) is 0 Å². The lowest BCUT2D eigenvalue weighted by Crippen LogP contribution is -2.46. The molecule has 1 unspecified atom stereocenters. The summed E-state index contributed by atoms with van der Waals surface area (Å²) in [6, 6.07) is 8.91. The van der Waals surface area contributed by atoms with Crippen LogP contribution in [0, 0.1) is 6.92 Å². The Morgan fingerprint density at radius 3 is 2.43 bits per heavy atom. The largest absolute Gasteiger partial charge is 0.379 e. The van der Waals surface area contributed by atoms with Crippen molar-refractivity contribution in [1.29, 1.82) is 0 Å². The molecule has 28 heavy (non-hydrogen) atoms. The van der Waals surface area contributed by atoms with Gasteiger partial charge in [0.2, 0.25) is 5.91 Å². The summed E-state index contributed by atoms with van der Waals surface area (Å²) in [5, 5.41) is 6.63. The van der Waals surface area contributed by atoms with E-state index in [4.69, 9.17) is 4.74 Å². The van der Waals surface area contributed by atoms with Crippen LogP contribution < -0.4 is 10.6 Å². The summed E-state index contributed by atoms with van der Waals surface area (Å²) in [7, 11) is 3.48. The fourth-order valence-electron chi connectivity index (χ4n) is 2.96. The molecule has 0 aromatic heterocycles. The van der Waals surface area contributed by atoms with Crippen LogP contribution in [0.2, 0.25) is 0 Å². The average Bonchev–Trinajstić information content (AvgIpc) is 2.68. The minimum absolute atomic E-state index is 0. The molecule has 1 aliphatic heterocycles. The molecule has 1 aromatic rings. The molecule has 2 N–H and O–H groups in total. The van der Waals surface area contributed by atoms with E-state index in [9.17, 15) is 4.79 Å². The predicted octanol–water partition coefficient (Wildman–Crippen LogP) is 1.63. The molecule has 7 nitrogen and oxygen atoms in total. The van der Waals surface area contributed by atoms with E-state index in [1.165, 1.54) is 11.1 Å². The maximum Gasteiger partial charge on any atom is 0.243 e. The van der Waals surface area contributed by atoms with Gasteiger partial charge in [-0.05, 0) is 19.4 Å². The van der Waals surface area contributed by atoms with Gasteiger partial charge in [-0.1, -0.05) is 29.8 Å². The maximum atomic E-state index is 11.8. The number of aryl methyl sites for hydroxylation is 1. The zero-order valence-electron chi connectivity index (χ0n) is 17.4. The Balaban J connectivity index is 0.00000392. The molecule has 0 radical (unpaired) electrons. The van der Waals surface area contributed by atoms with E-state index in [1.54, 1.807) is 19.0 Å². The molecule has 0 spiro atoms. The quantitative estimate of drug-likeness (QED) is 0.337. The second-order valence-corrected chi connectivity index (χ2v) is 6.94. The van der Waals surface area contributed by atoms with Crippen molar-refractivity contribution >= 4 is 35.8 Å². The summed E-state index contributed by atoms with van der Waals surface area (Å²) in [4.78, 5) is 20.2. The third-order valence-corrected chi connectivity index (χ3v) is 4.63. The molecule has 8 heteroatoms. The lowest BCUT2D eigenvalue weighted by molar-refractivity contribution is -0.127. The molecule has 1 heterocycles. The van der Waals surface area contributed by atoms with E-state index in [2.05, 4.69) is 51.7 Å². The number of halogens is 1. The van der Waals surface area contributed by atoms with Gasteiger partial charge in [-0.15, -0.1) is 24.0 Å². The summed E-state index contributed by atoms with van der Waals surface area (Å²) in [5.41, 5.74) is 2.53. The maximum absolute atomic E-state index is 11.8. The molecule has 0 aliphatic carbocycles. The number of amides is 1. The van der Waals surface area contributed by atoms with Crippen molar-refractivity contribution < 1.29 is 9.53 Å². The van der Waals surface area contributed by atoms with Gasteiger partial charge in [0.15, 0.2) is 5.96 Å². The fraction of sp³-hybridized carbons (Fsp3) is 0.600. The van der Waals surface area contributed by atoms with E-state index >= 15 is 0 Å².